The van der Waals surface area contributed by atoms with E-state index in [9.17, 15) is 0 Å². The second-order valence-electron chi connectivity index (χ2n) is 4.37. The summed E-state index contributed by atoms with van der Waals surface area (Å²) >= 11 is 5.29. The number of fused-ring (bicyclic) bond motifs is 1. The van der Waals surface area contributed by atoms with Gasteiger partial charge in [0.25, 0.3) is 0 Å². The van der Waals surface area contributed by atoms with Crippen molar-refractivity contribution in [1.29, 1.82) is 0 Å². The quantitative estimate of drug-likeness (QED) is 0.725. The van der Waals surface area contributed by atoms with Gasteiger partial charge in [0.2, 0.25) is 5.95 Å². The van der Waals surface area contributed by atoms with Crippen molar-refractivity contribution in [3.05, 3.63) is 66.5 Å². The predicted molar refractivity (Wildman–Crippen MR) is 84.7 cm³/mol. The lowest BCUT2D eigenvalue weighted by Crippen LogP contribution is -2.28. The first kappa shape index (κ1) is 12.6. The predicted octanol–water partition coefficient (Wildman–Crippen LogP) is 2.82. The zero-order valence-corrected chi connectivity index (χ0v) is 11.6. The molecule has 0 aliphatic heterocycles. The second kappa shape index (κ2) is 5.71. The zero-order valence-electron chi connectivity index (χ0n) is 10.8. The number of anilines is 1. The van der Waals surface area contributed by atoms with Crippen LogP contribution in [-0.2, 0) is 6.54 Å². The molecule has 0 amide bonds. The third kappa shape index (κ3) is 2.78. The first-order valence-corrected chi connectivity index (χ1v) is 6.74. The second-order valence-corrected chi connectivity index (χ2v) is 4.78. The third-order valence-corrected chi connectivity index (χ3v) is 3.21. The fourth-order valence-electron chi connectivity index (χ4n) is 1.96. The van der Waals surface area contributed by atoms with Crippen molar-refractivity contribution in [3.63, 3.8) is 0 Å². The van der Waals surface area contributed by atoms with Crippen LogP contribution in [0.3, 0.4) is 0 Å². The Bertz CT molecular complexity index is 721. The van der Waals surface area contributed by atoms with Crippen molar-refractivity contribution in [2.45, 2.75) is 6.54 Å². The molecule has 1 aromatic carbocycles. The summed E-state index contributed by atoms with van der Waals surface area (Å²) in [5.41, 5.74) is 2.21. The van der Waals surface area contributed by atoms with Crippen molar-refractivity contribution in [2.24, 2.45) is 0 Å². The number of hydrogen-bond acceptors (Lipinski definition) is 2. The Morgan fingerprint density at radius 3 is 2.75 bits per heavy atom. The van der Waals surface area contributed by atoms with Crippen LogP contribution in [0.25, 0.3) is 5.52 Å². The lowest BCUT2D eigenvalue weighted by atomic mass is 10.2. The molecule has 0 aliphatic carbocycles. The summed E-state index contributed by atoms with van der Waals surface area (Å²) in [4.78, 5) is 4.31. The van der Waals surface area contributed by atoms with Gasteiger partial charge in [-0.1, -0.05) is 36.4 Å². The van der Waals surface area contributed by atoms with E-state index in [1.165, 1.54) is 5.56 Å². The average molecular weight is 282 g/mol. The number of nitrogens with one attached hydrogen (secondary N) is 2. The van der Waals surface area contributed by atoms with Gasteiger partial charge in [0, 0.05) is 12.7 Å². The Morgan fingerprint density at radius 1 is 1.10 bits per heavy atom. The molecule has 5 heteroatoms. The molecule has 0 fully saturated rings. The lowest BCUT2D eigenvalue weighted by molar-refractivity contribution is 0.923. The Hall–Kier alpha value is -2.40. The summed E-state index contributed by atoms with van der Waals surface area (Å²) in [5, 5.41) is 6.84. The van der Waals surface area contributed by atoms with Gasteiger partial charge in [-0.3, -0.25) is 4.40 Å². The molecule has 3 rings (SSSR count). The van der Waals surface area contributed by atoms with E-state index < -0.39 is 0 Å². The van der Waals surface area contributed by atoms with Crippen molar-refractivity contribution < 1.29 is 0 Å². The van der Waals surface area contributed by atoms with E-state index in [1.54, 1.807) is 0 Å². The van der Waals surface area contributed by atoms with Crippen molar-refractivity contribution in [1.82, 2.24) is 14.7 Å². The van der Waals surface area contributed by atoms with E-state index in [0.29, 0.717) is 17.6 Å². The number of aromatic nitrogens is 2. The highest BCUT2D eigenvalue weighted by Crippen LogP contribution is 2.10. The standard InChI is InChI=1S/C15H14N4S/c20-15(17-10-12-6-2-1-3-7-12)18-14-16-11-13-8-4-5-9-19(13)14/h1-9,11H,10H2,(H2,16,17,18,20). The fraction of sp³-hybridized carbons (Fsp3) is 0.0667. The Morgan fingerprint density at radius 2 is 1.90 bits per heavy atom. The third-order valence-electron chi connectivity index (χ3n) is 2.96. The smallest absolute Gasteiger partial charge is 0.213 e. The number of nitrogens with zero attached hydrogens (tertiary/aromatic N) is 2. The molecule has 2 heterocycles. The van der Waals surface area contributed by atoms with Gasteiger partial charge in [-0.05, 0) is 29.9 Å². The van der Waals surface area contributed by atoms with E-state index in [1.807, 2.05) is 53.2 Å². The summed E-state index contributed by atoms with van der Waals surface area (Å²) in [6, 6.07) is 16.1. The molecular formula is C15H14N4S. The Kier molecular flexibility index (Phi) is 3.60. The molecule has 0 aliphatic rings. The molecule has 0 saturated heterocycles. The van der Waals surface area contributed by atoms with Crippen LogP contribution in [0.15, 0.2) is 60.9 Å². The molecule has 0 spiro atoms. The van der Waals surface area contributed by atoms with Crippen LogP contribution >= 0.6 is 12.2 Å². The van der Waals surface area contributed by atoms with Crippen molar-refractivity contribution in [3.8, 4) is 0 Å². The van der Waals surface area contributed by atoms with E-state index in [0.717, 1.165) is 5.52 Å². The van der Waals surface area contributed by atoms with Gasteiger partial charge < -0.3 is 10.6 Å². The van der Waals surface area contributed by atoms with Gasteiger partial charge >= 0.3 is 0 Å². The number of rotatable bonds is 3. The van der Waals surface area contributed by atoms with E-state index in [2.05, 4.69) is 27.8 Å². The van der Waals surface area contributed by atoms with Crippen LogP contribution in [0, 0.1) is 0 Å². The Labute approximate surface area is 122 Å². The highest BCUT2D eigenvalue weighted by molar-refractivity contribution is 7.80. The topological polar surface area (TPSA) is 41.4 Å². The van der Waals surface area contributed by atoms with Crippen LogP contribution in [0.4, 0.5) is 5.95 Å². The average Bonchev–Trinajstić information content (AvgIpc) is 2.90. The van der Waals surface area contributed by atoms with Crippen molar-refractivity contribution >= 4 is 28.8 Å². The maximum Gasteiger partial charge on any atom is 0.213 e. The molecule has 2 aromatic heterocycles. The van der Waals surface area contributed by atoms with E-state index in [4.69, 9.17) is 12.2 Å². The van der Waals surface area contributed by atoms with Crippen LogP contribution < -0.4 is 10.6 Å². The van der Waals surface area contributed by atoms with Gasteiger partial charge in [-0.25, -0.2) is 4.98 Å². The normalized spacial score (nSPS) is 10.4. The van der Waals surface area contributed by atoms with E-state index in [-0.39, 0.29) is 0 Å². The molecule has 0 bridgehead atoms. The molecule has 0 saturated carbocycles. The first-order valence-electron chi connectivity index (χ1n) is 6.34. The molecule has 20 heavy (non-hydrogen) atoms. The van der Waals surface area contributed by atoms with Crippen LogP contribution in [-0.4, -0.2) is 14.5 Å². The van der Waals surface area contributed by atoms with Crippen LogP contribution in [0.5, 0.6) is 0 Å². The van der Waals surface area contributed by atoms with Crippen LogP contribution in [0.2, 0.25) is 0 Å². The van der Waals surface area contributed by atoms with Gasteiger partial charge in [-0.2, -0.15) is 0 Å². The molecule has 0 unspecified atom stereocenters. The zero-order chi connectivity index (χ0) is 13.8. The van der Waals surface area contributed by atoms with Gasteiger partial charge in [-0.15, -0.1) is 0 Å². The molecule has 2 N–H and O–H groups in total. The van der Waals surface area contributed by atoms with Gasteiger partial charge in [0.15, 0.2) is 5.11 Å². The number of hydrogen-bond donors (Lipinski definition) is 2. The number of imidazole rings is 1. The SMILES string of the molecule is S=C(NCc1ccccc1)Nc1ncc2ccccn12. The number of thiocarbonyl (C=S) groups is 1. The number of benzene rings is 1. The maximum absolute atomic E-state index is 5.29. The monoisotopic (exact) mass is 282 g/mol. The highest BCUT2D eigenvalue weighted by Gasteiger charge is 2.04. The molecule has 4 nitrogen and oxygen atoms in total. The minimum absolute atomic E-state index is 0.560. The van der Waals surface area contributed by atoms with Gasteiger partial charge in [0.1, 0.15) is 0 Å². The summed E-state index contributed by atoms with van der Waals surface area (Å²) < 4.78 is 1.95. The van der Waals surface area contributed by atoms with Crippen molar-refractivity contribution in [2.75, 3.05) is 5.32 Å². The minimum atomic E-state index is 0.560. The first-order chi connectivity index (χ1) is 9.83. The molecular weight excluding hydrogens is 268 g/mol. The van der Waals surface area contributed by atoms with Crippen LogP contribution in [0.1, 0.15) is 5.56 Å². The largest absolute Gasteiger partial charge is 0.358 e. The Balaban J connectivity index is 1.64. The summed E-state index contributed by atoms with van der Waals surface area (Å²) in [5.74, 6) is 0.714. The highest BCUT2D eigenvalue weighted by atomic mass is 32.1. The fourth-order valence-corrected chi connectivity index (χ4v) is 2.12. The molecule has 100 valence electrons. The maximum atomic E-state index is 5.29. The summed E-state index contributed by atoms with van der Waals surface area (Å²) in [6.45, 7) is 0.690. The lowest BCUT2D eigenvalue weighted by Gasteiger charge is -2.09. The van der Waals surface area contributed by atoms with Gasteiger partial charge in [0.05, 0.1) is 11.7 Å². The summed E-state index contributed by atoms with van der Waals surface area (Å²) in [7, 11) is 0. The molecule has 0 atom stereocenters. The molecule has 0 radical (unpaired) electrons. The van der Waals surface area contributed by atoms with E-state index >= 15 is 0 Å². The minimum Gasteiger partial charge on any atom is -0.358 e. The summed E-state index contributed by atoms with van der Waals surface area (Å²) in [6.07, 6.45) is 3.76. The number of pyridine rings is 1. The molecule has 3 aromatic rings.